The highest BCUT2D eigenvalue weighted by Gasteiger charge is 2.31. The highest BCUT2D eigenvalue weighted by atomic mass is 15.2. The number of hydrogen-bond acceptors (Lipinski definition) is 3. The van der Waals surface area contributed by atoms with E-state index in [1.165, 1.54) is 37.7 Å². The molecule has 1 saturated carbocycles. The molecular weight excluding hydrogens is 248 g/mol. The molecule has 1 fully saturated rings. The molecule has 0 amide bonds. The first kappa shape index (κ1) is 13.6. The number of fused-ring (bicyclic) bond motifs is 1. The summed E-state index contributed by atoms with van der Waals surface area (Å²) in [6.45, 7) is 6.33. The van der Waals surface area contributed by atoms with Crippen LogP contribution in [-0.4, -0.2) is 21.1 Å². The first-order chi connectivity index (χ1) is 9.71. The minimum absolute atomic E-state index is 0.541. The van der Waals surface area contributed by atoms with Gasteiger partial charge in [0, 0.05) is 37.1 Å². The molecule has 0 aliphatic heterocycles. The van der Waals surface area contributed by atoms with Gasteiger partial charge >= 0.3 is 0 Å². The quantitative estimate of drug-likeness (QED) is 0.909. The van der Waals surface area contributed by atoms with Crippen LogP contribution in [0.1, 0.15) is 50.3 Å². The average Bonchev–Trinajstić information content (AvgIpc) is 3.04. The lowest BCUT2D eigenvalue weighted by Crippen LogP contribution is -2.31. The van der Waals surface area contributed by atoms with E-state index in [0.717, 1.165) is 24.4 Å². The van der Waals surface area contributed by atoms with Crippen LogP contribution in [-0.2, 0) is 6.54 Å². The summed E-state index contributed by atoms with van der Waals surface area (Å²) >= 11 is 0. The molecule has 108 valence electrons. The van der Waals surface area contributed by atoms with Crippen LogP contribution in [0.4, 0.5) is 0 Å². The summed E-state index contributed by atoms with van der Waals surface area (Å²) < 4.78 is 1.87. The Kier molecular flexibility index (Phi) is 3.74. The van der Waals surface area contributed by atoms with Crippen molar-refractivity contribution in [1.29, 1.82) is 0 Å². The standard InChI is InChI=1S/C16H24N4/c1-3-16(6-4-5-7-16)12-17-9-14-10-18-15-8-13(2)19-20(15)11-14/h8,10-11,17H,3-7,9,12H2,1-2H3. The van der Waals surface area contributed by atoms with Crippen molar-refractivity contribution < 1.29 is 0 Å². The molecule has 4 heteroatoms. The second-order valence-corrected chi connectivity index (χ2v) is 6.21. The smallest absolute Gasteiger partial charge is 0.155 e. The third-order valence-electron chi connectivity index (χ3n) is 4.73. The monoisotopic (exact) mass is 272 g/mol. The zero-order valence-electron chi connectivity index (χ0n) is 12.5. The zero-order chi connectivity index (χ0) is 14.0. The van der Waals surface area contributed by atoms with Crippen molar-refractivity contribution in [3.63, 3.8) is 0 Å². The van der Waals surface area contributed by atoms with Gasteiger partial charge in [0.25, 0.3) is 0 Å². The molecule has 0 radical (unpaired) electrons. The van der Waals surface area contributed by atoms with Gasteiger partial charge in [0.2, 0.25) is 0 Å². The van der Waals surface area contributed by atoms with Crippen molar-refractivity contribution in [2.45, 2.75) is 52.5 Å². The Labute approximate surface area is 120 Å². The second-order valence-electron chi connectivity index (χ2n) is 6.21. The van der Waals surface area contributed by atoms with Crippen LogP contribution in [0, 0.1) is 12.3 Å². The minimum atomic E-state index is 0.541. The van der Waals surface area contributed by atoms with Gasteiger partial charge in [-0.3, -0.25) is 0 Å². The van der Waals surface area contributed by atoms with Crippen molar-refractivity contribution in [2.75, 3.05) is 6.54 Å². The molecule has 1 N–H and O–H groups in total. The van der Waals surface area contributed by atoms with Gasteiger partial charge in [-0.1, -0.05) is 19.8 Å². The van der Waals surface area contributed by atoms with Crippen molar-refractivity contribution in [3.8, 4) is 0 Å². The fourth-order valence-electron chi connectivity index (χ4n) is 3.38. The highest BCUT2D eigenvalue weighted by Crippen LogP contribution is 2.40. The molecule has 2 heterocycles. The van der Waals surface area contributed by atoms with Crippen LogP contribution < -0.4 is 5.32 Å². The van der Waals surface area contributed by atoms with Gasteiger partial charge in [-0.15, -0.1) is 0 Å². The van der Waals surface area contributed by atoms with E-state index >= 15 is 0 Å². The van der Waals surface area contributed by atoms with Crippen LogP contribution >= 0.6 is 0 Å². The predicted octanol–water partition coefficient (Wildman–Crippen LogP) is 3.10. The molecule has 4 nitrogen and oxygen atoms in total. The van der Waals surface area contributed by atoms with E-state index < -0.39 is 0 Å². The summed E-state index contributed by atoms with van der Waals surface area (Å²) in [6.07, 6.45) is 10.9. The fraction of sp³-hybridized carbons (Fsp3) is 0.625. The van der Waals surface area contributed by atoms with Gasteiger partial charge in [-0.25, -0.2) is 9.50 Å². The molecule has 1 aliphatic carbocycles. The molecule has 2 aromatic heterocycles. The Bertz CT molecular complexity index is 581. The van der Waals surface area contributed by atoms with E-state index in [-0.39, 0.29) is 0 Å². The Morgan fingerprint density at radius 1 is 1.35 bits per heavy atom. The van der Waals surface area contributed by atoms with Crippen LogP contribution in [0.3, 0.4) is 0 Å². The molecule has 3 rings (SSSR count). The molecule has 20 heavy (non-hydrogen) atoms. The van der Waals surface area contributed by atoms with Crippen molar-refractivity contribution >= 4 is 5.65 Å². The van der Waals surface area contributed by atoms with E-state index in [1.807, 2.05) is 23.7 Å². The summed E-state index contributed by atoms with van der Waals surface area (Å²) in [5.41, 5.74) is 3.68. The maximum absolute atomic E-state index is 4.45. The SMILES string of the molecule is CCC1(CNCc2cnc3cc(C)nn3c2)CCCC1. The molecule has 0 bridgehead atoms. The lowest BCUT2D eigenvalue weighted by Gasteiger charge is -2.27. The van der Waals surface area contributed by atoms with E-state index in [1.54, 1.807) is 0 Å². The molecule has 0 spiro atoms. The van der Waals surface area contributed by atoms with Gasteiger partial charge in [0.1, 0.15) is 0 Å². The number of nitrogens with one attached hydrogen (secondary N) is 1. The number of rotatable bonds is 5. The molecular formula is C16H24N4. The minimum Gasteiger partial charge on any atom is -0.312 e. The Hall–Kier alpha value is -1.42. The number of hydrogen-bond donors (Lipinski definition) is 1. The van der Waals surface area contributed by atoms with E-state index in [2.05, 4.69) is 28.5 Å². The summed E-state index contributed by atoms with van der Waals surface area (Å²) in [4.78, 5) is 4.45. The van der Waals surface area contributed by atoms with Crippen molar-refractivity contribution in [2.24, 2.45) is 5.41 Å². The number of nitrogens with zero attached hydrogens (tertiary/aromatic N) is 3. The first-order valence-electron chi connectivity index (χ1n) is 7.72. The van der Waals surface area contributed by atoms with E-state index in [9.17, 15) is 0 Å². The topological polar surface area (TPSA) is 42.2 Å². The van der Waals surface area contributed by atoms with Crippen LogP contribution in [0.15, 0.2) is 18.5 Å². The largest absolute Gasteiger partial charge is 0.312 e. The molecule has 0 saturated heterocycles. The molecule has 2 aromatic rings. The Morgan fingerprint density at radius 2 is 2.15 bits per heavy atom. The second kappa shape index (κ2) is 5.52. The predicted molar refractivity (Wildman–Crippen MR) is 80.6 cm³/mol. The van der Waals surface area contributed by atoms with Gasteiger partial charge < -0.3 is 5.32 Å². The average molecular weight is 272 g/mol. The highest BCUT2D eigenvalue weighted by molar-refractivity contribution is 5.38. The third kappa shape index (κ3) is 2.70. The number of aryl methyl sites for hydroxylation is 1. The van der Waals surface area contributed by atoms with Crippen LogP contribution in [0.25, 0.3) is 5.65 Å². The van der Waals surface area contributed by atoms with Gasteiger partial charge in [0.15, 0.2) is 5.65 Å². The van der Waals surface area contributed by atoms with E-state index in [4.69, 9.17) is 0 Å². The molecule has 0 aromatic carbocycles. The normalized spacial score (nSPS) is 17.9. The molecule has 0 atom stereocenters. The summed E-state index contributed by atoms with van der Waals surface area (Å²) in [7, 11) is 0. The first-order valence-corrected chi connectivity index (χ1v) is 7.72. The van der Waals surface area contributed by atoms with Crippen molar-refractivity contribution in [3.05, 3.63) is 29.7 Å². The Morgan fingerprint density at radius 3 is 2.90 bits per heavy atom. The summed E-state index contributed by atoms with van der Waals surface area (Å²) in [5.74, 6) is 0. The van der Waals surface area contributed by atoms with Crippen LogP contribution in [0.5, 0.6) is 0 Å². The zero-order valence-corrected chi connectivity index (χ0v) is 12.5. The summed E-state index contributed by atoms with van der Waals surface area (Å²) in [6, 6.07) is 2.00. The number of aromatic nitrogens is 3. The molecule has 1 aliphatic rings. The lowest BCUT2D eigenvalue weighted by molar-refractivity contribution is 0.268. The van der Waals surface area contributed by atoms with Crippen LogP contribution in [0.2, 0.25) is 0 Å². The fourth-order valence-corrected chi connectivity index (χ4v) is 3.38. The maximum atomic E-state index is 4.45. The lowest BCUT2D eigenvalue weighted by atomic mass is 9.83. The Balaban J connectivity index is 1.62. The third-order valence-corrected chi connectivity index (χ3v) is 4.73. The van der Waals surface area contributed by atoms with Gasteiger partial charge in [-0.05, 0) is 31.6 Å². The van der Waals surface area contributed by atoms with Crippen molar-refractivity contribution in [1.82, 2.24) is 19.9 Å². The molecule has 0 unspecified atom stereocenters. The van der Waals surface area contributed by atoms with Gasteiger partial charge in [0.05, 0.1) is 5.69 Å². The maximum Gasteiger partial charge on any atom is 0.155 e. The van der Waals surface area contributed by atoms with E-state index in [0.29, 0.717) is 5.41 Å². The van der Waals surface area contributed by atoms with Gasteiger partial charge in [-0.2, -0.15) is 5.10 Å². The summed E-state index contributed by atoms with van der Waals surface area (Å²) in [5, 5.41) is 8.04.